The minimum Gasteiger partial charge on any atom is -0.416 e. The van der Waals surface area contributed by atoms with E-state index in [0.29, 0.717) is 0 Å². The van der Waals surface area contributed by atoms with Crippen molar-refractivity contribution in [1.82, 2.24) is 0 Å². The molecule has 0 aromatic heterocycles. The van der Waals surface area contributed by atoms with Gasteiger partial charge in [0.1, 0.15) is 0 Å². The van der Waals surface area contributed by atoms with E-state index in [1.165, 1.54) is 12.5 Å². The molecule has 0 N–H and O–H groups in total. The fourth-order valence-corrected chi connectivity index (χ4v) is 3.53. The Kier molecular flexibility index (Phi) is 4.65. The van der Waals surface area contributed by atoms with Crippen LogP contribution in [-0.2, 0) is 4.43 Å². The number of hydrogen-bond donors (Lipinski definition) is 0. The third-order valence-electron chi connectivity index (χ3n) is 2.05. The second-order valence-corrected chi connectivity index (χ2v) is 6.73. The summed E-state index contributed by atoms with van der Waals surface area (Å²) < 4.78 is 5.50. The molecule has 0 aromatic rings. The highest BCUT2D eigenvalue weighted by Gasteiger charge is 2.25. The molecule has 0 radical (unpaired) electrons. The highest BCUT2D eigenvalue weighted by molar-refractivity contribution is 6.78. The lowest BCUT2D eigenvalue weighted by Crippen LogP contribution is -2.33. The average molecular weight is 158 g/mol. The van der Waals surface area contributed by atoms with Gasteiger partial charge in [0.25, 0.3) is 0 Å². The SMILES string of the molecule is C=C[Si](CC)(CCC)OC. The van der Waals surface area contributed by atoms with Crippen LogP contribution in [0.4, 0.5) is 0 Å². The highest BCUT2D eigenvalue weighted by Crippen LogP contribution is 2.18. The van der Waals surface area contributed by atoms with Crippen LogP contribution >= 0.6 is 0 Å². The summed E-state index contributed by atoms with van der Waals surface area (Å²) in [6.07, 6.45) is 1.21. The standard InChI is InChI=1S/C8H18OSi/c1-5-8-10(6-2,7-3)9-4/h6H,2,5,7-8H2,1,3-4H3. The lowest BCUT2D eigenvalue weighted by molar-refractivity contribution is 0.402. The highest BCUT2D eigenvalue weighted by atomic mass is 28.4. The second kappa shape index (κ2) is 4.69. The minimum absolute atomic E-state index is 1.15. The van der Waals surface area contributed by atoms with Crippen molar-refractivity contribution in [1.29, 1.82) is 0 Å². The van der Waals surface area contributed by atoms with Gasteiger partial charge in [-0.05, 0) is 12.1 Å². The van der Waals surface area contributed by atoms with Crippen molar-refractivity contribution >= 4 is 8.32 Å². The molecular formula is C8H18OSi. The van der Waals surface area contributed by atoms with Crippen LogP contribution < -0.4 is 0 Å². The summed E-state index contributed by atoms with van der Waals surface area (Å²) in [4.78, 5) is 0. The van der Waals surface area contributed by atoms with Crippen LogP contribution in [0.15, 0.2) is 12.3 Å². The van der Waals surface area contributed by atoms with Gasteiger partial charge in [-0.1, -0.05) is 26.0 Å². The summed E-state index contributed by atoms with van der Waals surface area (Å²) in [7, 11) is 0.359. The maximum atomic E-state index is 5.50. The van der Waals surface area contributed by atoms with Crippen molar-refractivity contribution in [2.75, 3.05) is 7.11 Å². The Bertz CT molecular complexity index is 97.4. The normalized spacial score (nSPS) is 16.3. The first kappa shape index (κ1) is 9.92. The first-order valence-corrected chi connectivity index (χ1v) is 6.33. The van der Waals surface area contributed by atoms with Crippen molar-refractivity contribution in [2.45, 2.75) is 32.4 Å². The molecule has 0 aromatic carbocycles. The van der Waals surface area contributed by atoms with Crippen molar-refractivity contribution in [2.24, 2.45) is 0 Å². The third-order valence-corrected chi connectivity index (χ3v) is 6.15. The molecule has 10 heavy (non-hydrogen) atoms. The Morgan fingerprint density at radius 1 is 1.50 bits per heavy atom. The maximum absolute atomic E-state index is 5.50. The number of hydrogen-bond acceptors (Lipinski definition) is 1. The summed E-state index contributed by atoms with van der Waals surface area (Å²) in [6.45, 7) is 8.21. The predicted molar refractivity (Wildman–Crippen MR) is 48.5 cm³/mol. The van der Waals surface area contributed by atoms with Gasteiger partial charge < -0.3 is 4.43 Å². The van der Waals surface area contributed by atoms with Crippen LogP contribution in [0.25, 0.3) is 0 Å². The van der Waals surface area contributed by atoms with E-state index in [2.05, 4.69) is 26.1 Å². The van der Waals surface area contributed by atoms with E-state index in [4.69, 9.17) is 4.43 Å². The first-order chi connectivity index (χ1) is 4.74. The molecule has 0 rings (SSSR count). The molecule has 1 atom stereocenters. The van der Waals surface area contributed by atoms with E-state index in [1.54, 1.807) is 0 Å². The van der Waals surface area contributed by atoms with E-state index >= 15 is 0 Å². The van der Waals surface area contributed by atoms with E-state index < -0.39 is 8.32 Å². The molecule has 0 aliphatic rings. The Balaban J connectivity index is 4.00. The monoisotopic (exact) mass is 158 g/mol. The zero-order valence-electron chi connectivity index (χ0n) is 7.31. The Labute approximate surface area is 65.2 Å². The molecule has 1 nitrogen and oxygen atoms in total. The molecule has 0 heterocycles. The molecule has 2 heteroatoms. The summed E-state index contributed by atoms with van der Waals surface area (Å²) in [5.74, 6) is 0. The molecule has 0 aliphatic heterocycles. The summed E-state index contributed by atoms with van der Waals surface area (Å²) >= 11 is 0. The van der Waals surface area contributed by atoms with Crippen LogP contribution in [0, 0.1) is 0 Å². The van der Waals surface area contributed by atoms with Gasteiger partial charge in [0.2, 0.25) is 8.32 Å². The molecule has 0 amide bonds. The largest absolute Gasteiger partial charge is 0.416 e. The molecule has 60 valence electrons. The molecule has 0 bridgehead atoms. The quantitative estimate of drug-likeness (QED) is 0.559. The molecule has 0 fully saturated rings. The van der Waals surface area contributed by atoms with E-state index in [1.807, 2.05) is 7.11 Å². The van der Waals surface area contributed by atoms with Gasteiger partial charge in [0.15, 0.2) is 0 Å². The van der Waals surface area contributed by atoms with Crippen LogP contribution in [0.1, 0.15) is 20.3 Å². The fourth-order valence-electron chi connectivity index (χ4n) is 1.18. The van der Waals surface area contributed by atoms with Crippen molar-refractivity contribution in [3.63, 3.8) is 0 Å². The van der Waals surface area contributed by atoms with Crippen LogP contribution in [0.2, 0.25) is 12.1 Å². The molecular weight excluding hydrogens is 140 g/mol. The Morgan fingerprint density at radius 3 is 2.20 bits per heavy atom. The topological polar surface area (TPSA) is 9.23 Å². The Hall–Kier alpha value is -0.0831. The van der Waals surface area contributed by atoms with Gasteiger partial charge in [0, 0.05) is 7.11 Å². The average Bonchev–Trinajstić information content (AvgIpc) is 2.01. The van der Waals surface area contributed by atoms with E-state index in [-0.39, 0.29) is 0 Å². The smallest absolute Gasteiger partial charge is 0.215 e. The van der Waals surface area contributed by atoms with Gasteiger partial charge in [0.05, 0.1) is 0 Å². The van der Waals surface area contributed by atoms with E-state index in [0.717, 1.165) is 6.04 Å². The molecule has 0 spiro atoms. The fraction of sp³-hybridized carbons (Fsp3) is 0.750. The van der Waals surface area contributed by atoms with Crippen LogP contribution in [-0.4, -0.2) is 15.4 Å². The predicted octanol–water partition coefficient (Wildman–Crippen LogP) is 2.73. The van der Waals surface area contributed by atoms with Gasteiger partial charge >= 0.3 is 0 Å². The van der Waals surface area contributed by atoms with Gasteiger partial charge in [-0.2, -0.15) is 0 Å². The number of rotatable bonds is 5. The van der Waals surface area contributed by atoms with Crippen LogP contribution in [0.3, 0.4) is 0 Å². The minimum atomic E-state index is -1.45. The van der Waals surface area contributed by atoms with Crippen molar-refractivity contribution < 1.29 is 4.43 Å². The Morgan fingerprint density at radius 2 is 2.10 bits per heavy atom. The zero-order valence-corrected chi connectivity index (χ0v) is 8.31. The van der Waals surface area contributed by atoms with Gasteiger partial charge in [-0.25, -0.2) is 0 Å². The zero-order chi connectivity index (χ0) is 8.04. The van der Waals surface area contributed by atoms with Crippen molar-refractivity contribution in [3.8, 4) is 0 Å². The second-order valence-electron chi connectivity index (χ2n) is 2.58. The summed E-state index contributed by atoms with van der Waals surface area (Å²) in [5.41, 5.74) is 2.05. The van der Waals surface area contributed by atoms with E-state index in [9.17, 15) is 0 Å². The lowest BCUT2D eigenvalue weighted by atomic mass is 10.6. The van der Waals surface area contributed by atoms with Crippen molar-refractivity contribution in [3.05, 3.63) is 12.3 Å². The van der Waals surface area contributed by atoms with Gasteiger partial charge in [-0.15, -0.1) is 6.58 Å². The lowest BCUT2D eigenvalue weighted by Gasteiger charge is -2.23. The molecule has 1 unspecified atom stereocenters. The van der Waals surface area contributed by atoms with Gasteiger partial charge in [-0.3, -0.25) is 0 Å². The molecule has 0 saturated carbocycles. The summed E-state index contributed by atoms with van der Waals surface area (Å²) in [5, 5.41) is 0. The maximum Gasteiger partial charge on any atom is 0.215 e. The first-order valence-electron chi connectivity index (χ1n) is 3.93. The molecule has 0 aliphatic carbocycles. The molecule has 0 saturated heterocycles. The summed E-state index contributed by atoms with van der Waals surface area (Å²) in [6, 6.07) is 2.37. The van der Waals surface area contributed by atoms with Crippen LogP contribution in [0.5, 0.6) is 0 Å². The third kappa shape index (κ3) is 2.27.